The lowest BCUT2D eigenvalue weighted by Crippen LogP contribution is -2.67. The second-order valence-electron chi connectivity index (χ2n) is 8.24. The highest BCUT2D eigenvalue weighted by molar-refractivity contribution is 6.32. The number of aliphatic hydroxyl groups is 1. The molecule has 2 aliphatic heterocycles. The Kier molecular flexibility index (Phi) is 4.63. The first-order valence-corrected chi connectivity index (χ1v) is 10.1. The van der Waals surface area contributed by atoms with Crippen molar-refractivity contribution in [3.8, 4) is 5.75 Å². The molecule has 0 radical (unpaired) electrons. The smallest absolute Gasteiger partial charge is 0.223 e. The van der Waals surface area contributed by atoms with Crippen molar-refractivity contribution in [1.29, 1.82) is 0 Å². The normalized spacial score (nSPS) is 28.1. The summed E-state index contributed by atoms with van der Waals surface area (Å²) in [5.41, 5.74) is 1.52. The number of amides is 1. The minimum atomic E-state index is -0.527. The summed E-state index contributed by atoms with van der Waals surface area (Å²) in [6, 6.07) is 4.16. The van der Waals surface area contributed by atoms with Gasteiger partial charge in [0, 0.05) is 35.6 Å². The standard InChI is InChI=1S/C21H27ClN2O3/c1-4-13-8-21(26)9-14(10-21)24(13)20(25)5-12(2)16-11-23-18-7-17(22)19(27-3)6-15(16)18/h6-7,11-14,23,26H,4-5,8-10H2,1-3H3. The maximum atomic E-state index is 13.1. The number of benzene rings is 1. The van der Waals surface area contributed by atoms with Gasteiger partial charge in [-0.1, -0.05) is 25.4 Å². The van der Waals surface area contributed by atoms with Gasteiger partial charge in [-0.3, -0.25) is 4.79 Å². The molecule has 2 saturated heterocycles. The Morgan fingerprint density at radius 3 is 2.85 bits per heavy atom. The Balaban J connectivity index is 1.54. The van der Waals surface area contributed by atoms with Crippen molar-refractivity contribution >= 4 is 28.4 Å². The number of fused-ring (bicyclic) bond motifs is 3. The van der Waals surface area contributed by atoms with Crippen LogP contribution in [-0.4, -0.2) is 45.7 Å². The van der Waals surface area contributed by atoms with Gasteiger partial charge in [-0.2, -0.15) is 0 Å². The molecule has 3 fully saturated rings. The maximum absolute atomic E-state index is 13.1. The maximum Gasteiger partial charge on any atom is 0.223 e. The molecule has 2 bridgehead atoms. The molecule has 3 heterocycles. The first-order chi connectivity index (χ1) is 12.8. The van der Waals surface area contributed by atoms with Gasteiger partial charge < -0.3 is 19.7 Å². The molecule has 3 aliphatic rings. The molecule has 1 saturated carbocycles. The monoisotopic (exact) mass is 390 g/mol. The molecule has 2 aromatic rings. The fourth-order valence-corrected chi connectivity index (χ4v) is 5.19. The van der Waals surface area contributed by atoms with Crippen LogP contribution < -0.4 is 4.74 Å². The SMILES string of the molecule is CCC1CC2(O)CC(C2)N1C(=O)CC(C)c1c[nH]c2cc(Cl)c(OC)cc12. The van der Waals surface area contributed by atoms with Crippen LogP contribution in [0.3, 0.4) is 0 Å². The van der Waals surface area contributed by atoms with Gasteiger partial charge in [0.25, 0.3) is 0 Å². The first kappa shape index (κ1) is 18.6. The second kappa shape index (κ2) is 6.71. The molecule has 2 unspecified atom stereocenters. The van der Waals surface area contributed by atoms with Crippen molar-refractivity contribution in [1.82, 2.24) is 9.88 Å². The number of aromatic nitrogens is 1. The molecular weight excluding hydrogens is 364 g/mol. The topological polar surface area (TPSA) is 65.6 Å². The number of nitrogens with one attached hydrogen (secondary N) is 1. The molecule has 1 aliphatic carbocycles. The van der Waals surface area contributed by atoms with E-state index in [9.17, 15) is 9.90 Å². The third kappa shape index (κ3) is 3.11. The Morgan fingerprint density at radius 2 is 2.19 bits per heavy atom. The van der Waals surface area contributed by atoms with Crippen molar-refractivity contribution in [2.75, 3.05) is 7.11 Å². The van der Waals surface area contributed by atoms with E-state index in [-0.39, 0.29) is 23.9 Å². The number of carbonyl (C=O) groups excluding carboxylic acids is 1. The van der Waals surface area contributed by atoms with E-state index in [1.807, 2.05) is 18.3 Å². The van der Waals surface area contributed by atoms with Gasteiger partial charge in [0.15, 0.2) is 0 Å². The summed E-state index contributed by atoms with van der Waals surface area (Å²) in [7, 11) is 1.60. The zero-order valence-electron chi connectivity index (χ0n) is 16.1. The highest BCUT2D eigenvalue weighted by Gasteiger charge is 2.54. The van der Waals surface area contributed by atoms with E-state index >= 15 is 0 Å². The van der Waals surface area contributed by atoms with Gasteiger partial charge in [-0.25, -0.2) is 0 Å². The van der Waals surface area contributed by atoms with Crippen molar-refractivity contribution in [3.05, 3.63) is 28.9 Å². The molecule has 1 aromatic carbocycles. The Bertz CT molecular complexity index is 872. The van der Waals surface area contributed by atoms with Crippen molar-refractivity contribution in [3.63, 3.8) is 0 Å². The highest BCUT2D eigenvalue weighted by atomic mass is 35.5. The first-order valence-electron chi connectivity index (χ1n) is 9.73. The van der Waals surface area contributed by atoms with Crippen LogP contribution in [0.4, 0.5) is 0 Å². The van der Waals surface area contributed by atoms with Crippen LogP contribution in [0.1, 0.15) is 57.4 Å². The average Bonchev–Trinajstić information content (AvgIpc) is 3.02. The lowest BCUT2D eigenvalue weighted by atomic mass is 9.66. The van der Waals surface area contributed by atoms with E-state index < -0.39 is 5.60 Å². The third-order valence-electron chi connectivity index (χ3n) is 6.39. The zero-order valence-corrected chi connectivity index (χ0v) is 16.8. The van der Waals surface area contributed by atoms with Crippen molar-refractivity contribution in [2.45, 2.75) is 69.6 Å². The van der Waals surface area contributed by atoms with E-state index in [1.54, 1.807) is 7.11 Å². The summed E-state index contributed by atoms with van der Waals surface area (Å²) in [4.78, 5) is 18.4. The summed E-state index contributed by atoms with van der Waals surface area (Å²) in [6.07, 6.45) is 5.49. The fraction of sp³-hybridized carbons (Fsp3) is 0.571. The minimum Gasteiger partial charge on any atom is -0.495 e. The van der Waals surface area contributed by atoms with Gasteiger partial charge in [0.2, 0.25) is 5.91 Å². The van der Waals surface area contributed by atoms with E-state index in [0.29, 0.717) is 23.6 Å². The van der Waals surface area contributed by atoms with E-state index in [0.717, 1.165) is 35.7 Å². The number of hydrogen-bond donors (Lipinski definition) is 2. The summed E-state index contributed by atoms with van der Waals surface area (Å²) < 4.78 is 5.35. The van der Waals surface area contributed by atoms with Crippen LogP contribution in [0.25, 0.3) is 10.9 Å². The van der Waals surface area contributed by atoms with Crippen LogP contribution in [0.5, 0.6) is 5.75 Å². The Morgan fingerprint density at radius 1 is 1.44 bits per heavy atom. The van der Waals surface area contributed by atoms with Crippen molar-refractivity contribution < 1.29 is 14.6 Å². The number of halogens is 1. The predicted octanol–water partition coefficient (Wildman–Crippen LogP) is 4.23. The molecule has 1 aromatic heterocycles. The van der Waals surface area contributed by atoms with Crippen LogP contribution in [0, 0.1) is 0 Å². The van der Waals surface area contributed by atoms with Crippen LogP contribution in [-0.2, 0) is 4.79 Å². The molecule has 1 amide bonds. The van der Waals surface area contributed by atoms with Crippen LogP contribution >= 0.6 is 11.6 Å². The Labute approximate surface area is 164 Å². The highest BCUT2D eigenvalue weighted by Crippen LogP contribution is 2.47. The molecule has 0 spiro atoms. The minimum absolute atomic E-state index is 0.0792. The number of piperidine rings is 2. The van der Waals surface area contributed by atoms with Gasteiger partial charge in [0.05, 0.1) is 17.7 Å². The van der Waals surface area contributed by atoms with Crippen LogP contribution in [0.15, 0.2) is 18.3 Å². The molecule has 146 valence electrons. The molecule has 6 heteroatoms. The number of H-pyrrole nitrogens is 1. The molecule has 5 rings (SSSR count). The van der Waals surface area contributed by atoms with E-state index in [1.165, 1.54) is 0 Å². The second-order valence-corrected chi connectivity index (χ2v) is 8.64. The van der Waals surface area contributed by atoms with E-state index in [4.69, 9.17) is 16.3 Å². The number of aromatic amines is 1. The van der Waals surface area contributed by atoms with Gasteiger partial charge >= 0.3 is 0 Å². The molecule has 2 atom stereocenters. The fourth-order valence-electron chi connectivity index (χ4n) is 4.95. The molecule has 5 nitrogen and oxygen atoms in total. The van der Waals surface area contributed by atoms with Crippen molar-refractivity contribution in [2.24, 2.45) is 0 Å². The van der Waals surface area contributed by atoms with Gasteiger partial charge in [0.1, 0.15) is 5.75 Å². The third-order valence-corrected chi connectivity index (χ3v) is 6.69. The summed E-state index contributed by atoms with van der Waals surface area (Å²) >= 11 is 6.22. The number of nitrogens with zero attached hydrogens (tertiary/aromatic N) is 1. The number of hydrogen-bond acceptors (Lipinski definition) is 3. The lowest BCUT2D eigenvalue weighted by Gasteiger charge is -2.58. The quantitative estimate of drug-likeness (QED) is 0.802. The number of methoxy groups -OCH3 is 1. The summed E-state index contributed by atoms with van der Waals surface area (Å²) in [5, 5.41) is 12.0. The van der Waals surface area contributed by atoms with Crippen LogP contribution in [0.2, 0.25) is 5.02 Å². The molecule has 27 heavy (non-hydrogen) atoms. The zero-order chi connectivity index (χ0) is 19.3. The average molecular weight is 391 g/mol. The Hall–Kier alpha value is -1.72. The van der Waals surface area contributed by atoms with E-state index in [2.05, 4.69) is 23.7 Å². The van der Waals surface area contributed by atoms with Gasteiger partial charge in [-0.05, 0) is 49.3 Å². The predicted molar refractivity (Wildman–Crippen MR) is 106 cm³/mol. The number of carbonyl (C=O) groups is 1. The number of rotatable bonds is 5. The largest absolute Gasteiger partial charge is 0.495 e. The molecular formula is C21H27ClN2O3. The van der Waals surface area contributed by atoms with Gasteiger partial charge in [-0.15, -0.1) is 0 Å². The molecule has 2 N–H and O–H groups in total. The summed E-state index contributed by atoms with van der Waals surface area (Å²) in [6.45, 7) is 4.18. The lowest BCUT2D eigenvalue weighted by molar-refractivity contribution is -0.178. The number of ether oxygens (including phenoxy) is 1. The summed E-state index contributed by atoms with van der Waals surface area (Å²) in [5.74, 6) is 0.909.